The SMILES string of the molecule is C.Cc1cncc([C@H]2C[C@@H]2CO)c1.Cc1cncc([C@H]2C[C@@H]2COc2ccccc2)c1.O=C(N=NC(=O)N1CCCCC1)N1CCCCC1. The molecule has 10 heteroatoms. The van der Waals surface area contributed by atoms with Crippen molar-refractivity contribution in [3.05, 3.63) is 89.5 Å². The van der Waals surface area contributed by atoms with Crippen LogP contribution in [0.5, 0.6) is 5.75 Å². The predicted molar refractivity (Wildman–Crippen MR) is 192 cm³/mol. The second-order valence-corrected chi connectivity index (χ2v) is 13.5. The third kappa shape index (κ3) is 12.0. The molecule has 7 rings (SSSR count). The lowest BCUT2D eigenvalue weighted by Crippen LogP contribution is -2.35. The largest absolute Gasteiger partial charge is 0.493 e. The number of aryl methyl sites for hydroxylation is 2. The molecule has 1 aromatic carbocycles. The second-order valence-electron chi connectivity index (χ2n) is 13.5. The van der Waals surface area contributed by atoms with Crippen LogP contribution in [0.2, 0.25) is 0 Å². The van der Waals surface area contributed by atoms with Gasteiger partial charge in [-0.3, -0.25) is 9.97 Å². The molecule has 2 saturated carbocycles. The predicted octanol–water partition coefficient (Wildman–Crippen LogP) is 8.34. The summed E-state index contributed by atoms with van der Waals surface area (Å²) in [6, 6.07) is 13.7. The number of aromatic nitrogens is 2. The number of rotatable bonds is 6. The third-order valence-corrected chi connectivity index (χ3v) is 9.41. The molecule has 4 fully saturated rings. The number of hydrogen-bond donors (Lipinski definition) is 1. The first-order valence-electron chi connectivity index (χ1n) is 17.5. The van der Waals surface area contributed by atoms with E-state index < -0.39 is 0 Å². The fourth-order valence-electron chi connectivity index (χ4n) is 6.36. The van der Waals surface area contributed by atoms with E-state index in [4.69, 9.17) is 9.84 Å². The number of pyridine rings is 2. The molecular formula is C39H54N6O4. The van der Waals surface area contributed by atoms with Crippen molar-refractivity contribution in [1.29, 1.82) is 0 Å². The first-order valence-corrected chi connectivity index (χ1v) is 17.5. The van der Waals surface area contributed by atoms with Crippen molar-refractivity contribution in [2.75, 3.05) is 39.4 Å². The molecule has 10 nitrogen and oxygen atoms in total. The van der Waals surface area contributed by atoms with Crippen LogP contribution in [0.3, 0.4) is 0 Å². The number of likely N-dealkylation sites (tertiary alicyclic amines) is 2. The number of azo groups is 1. The highest BCUT2D eigenvalue weighted by molar-refractivity contribution is 5.79. The third-order valence-electron chi connectivity index (χ3n) is 9.41. The lowest BCUT2D eigenvalue weighted by molar-refractivity contribution is 0.187. The van der Waals surface area contributed by atoms with Crippen LogP contribution in [0, 0.1) is 25.7 Å². The monoisotopic (exact) mass is 670 g/mol. The Hall–Kier alpha value is -4.18. The van der Waals surface area contributed by atoms with E-state index in [-0.39, 0.29) is 19.5 Å². The van der Waals surface area contributed by atoms with Crippen LogP contribution in [-0.4, -0.2) is 76.3 Å². The molecule has 0 spiro atoms. The van der Waals surface area contributed by atoms with Crippen LogP contribution in [0.25, 0.3) is 0 Å². The highest BCUT2D eigenvalue weighted by Crippen LogP contribution is 2.48. The number of aliphatic hydroxyl groups is 1. The Morgan fingerprint density at radius 1 is 0.735 bits per heavy atom. The van der Waals surface area contributed by atoms with Gasteiger partial charge in [0.1, 0.15) is 5.75 Å². The Bertz CT molecular complexity index is 1460. The molecule has 0 radical (unpaired) electrons. The molecule has 4 aliphatic rings. The fraction of sp³-hybridized carbons (Fsp3) is 0.538. The minimum atomic E-state index is -0.375. The van der Waals surface area contributed by atoms with Gasteiger partial charge in [-0.2, -0.15) is 0 Å². The average molecular weight is 671 g/mol. The molecule has 4 atom stereocenters. The highest BCUT2D eigenvalue weighted by atomic mass is 16.5. The van der Waals surface area contributed by atoms with E-state index >= 15 is 0 Å². The van der Waals surface area contributed by atoms with Crippen molar-refractivity contribution >= 4 is 12.1 Å². The number of hydrogen-bond acceptors (Lipinski definition) is 6. The van der Waals surface area contributed by atoms with Crippen LogP contribution in [0.4, 0.5) is 9.59 Å². The van der Waals surface area contributed by atoms with Crippen molar-refractivity contribution in [2.45, 2.75) is 84.5 Å². The molecule has 2 aliphatic carbocycles. The van der Waals surface area contributed by atoms with E-state index in [2.05, 4.69) is 39.3 Å². The molecule has 4 amide bonds. The molecule has 4 heterocycles. The number of benzene rings is 1. The van der Waals surface area contributed by atoms with Gasteiger partial charge < -0.3 is 19.6 Å². The second kappa shape index (κ2) is 19.1. The van der Waals surface area contributed by atoms with Crippen LogP contribution >= 0.6 is 0 Å². The molecule has 264 valence electrons. The molecule has 2 aliphatic heterocycles. The van der Waals surface area contributed by atoms with Crippen molar-refractivity contribution in [3.8, 4) is 5.75 Å². The molecule has 0 bridgehead atoms. The van der Waals surface area contributed by atoms with Gasteiger partial charge in [-0.15, -0.1) is 0 Å². The number of piperidine rings is 2. The Labute approximate surface area is 292 Å². The summed E-state index contributed by atoms with van der Waals surface area (Å²) >= 11 is 0. The van der Waals surface area contributed by atoms with Crippen molar-refractivity contribution in [1.82, 2.24) is 19.8 Å². The minimum Gasteiger partial charge on any atom is -0.493 e. The minimum absolute atomic E-state index is 0. The topological polar surface area (TPSA) is 121 Å². The van der Waals surface area contributed by atoms with Crippen LogP contribution in [-0.2, 0) is 0 Å². The first-order chi connectivity index (χ1) is 23.4. The van der Waals surface area contributed by atoms with E-state index in [1.165, 1.54) is 28.7 Å². The molecular weight excluding hydrogens is 616 g/mol. The summed E-state index contributed by atoms with van der Waals surface area (Å²) in [5.74, 6) is 3.32. The number of amides is 4. The summed E-state index contributed by atoms with van der Waals surface area (Å²) in [6.07, 6.45) is 16.4. The molecule has 3 aromatic rings. The fourth-order valence-corrected chi connectivity index (χ4v) is 6.36. The standard InChI is InChI=1S/C16H17NO.C12H20N4O2.C10H13NO.CH4/c1-12-7-13(10-17-9-12)16-8-14(16)11-18-15-5-3-2-4-6-15;17-11(15-7-3-1-4-8-15)13-14-12(18)16-9-5-2-6-10-16;1-7-2-8(5-11-4-7)10-3-9(10)6-12;/h2-7,9-10,14,16H,8,11H2,1H3;1-10H2;2,4-5,9-10,12H,3,6H2,1H3;1H4/t14-,16-;;9-,10-;/m1.1./s1. The Kier molecular flexibility index (Phi) is 14.7. The van der Waals surface area contributed by atoms with Gasteiger partial charge in [0.25, 0.3) is 0 Å². The van der Waals surface area contributed by atoms with Crippen molar-refractivity contribution < 1.29 is 19.4 Å². The van der Waals surface area contributed by atoms with Crippen molar-refractivity contribution in [2.24, 2.45) is 22.1 Å². The smallest absolute Gasteiger partial charge is 0.362 e. The van der Waals surface area contributed by atoms with E-state index in [1.807, 2.05) is 62.0 Å². The number of carbonyl (C=O) groups excluding carboxylic acids is 2. The first kappa shape index (κ1) is 37.6. The Morgan fingerprint density at radius 2 is 1.20 bits per heavy atom. The Morgan fingerprint density at radius 3 is 1.65 bits per heavy atom. The molecule has 1 N–H and O–H groups in total. The summed E-state index contributed by atoms with van der Waals surface area (Å²) in [5.41, 5.74) is 5.09. The summed E-state index contributed by atoms with van der Waals surface area (Å²) in [6.45, 7) is 8.19. The normalized spacial score (nSPS) is 22.4. The molecule has 2 aromatic heterocycles. The van der Waals surface area contributed by atoms with E-state index in [1.54, 1.807) is 9.80 Å². The maximum Gasteiger partial charge on any atom is 0.362 e. The van der Waals surface area contributed by atoms with E-state index in [0.29, 0.717) is 30.3 Å². The zero-order valence-electron chi connectivity index (χ0n) is 28.4. The molecule has 49 heavy (non-hydrogen) atoms. The Balaban J connectivity index is 0.000000167. The number of nitrogens with zero attached hydrogens (tertiary/aromatic N) is 6. The highest BCUT2D eigenvalue weighted by Gasteiger charge is 2.39. The van der Waals surface area contributed by atoms with Gasteiger partial charge in [0.2, 0.25) is 0 Å². The van der Waals surface area contributed by atoms with Gasteiger partial charge >= 0.3 is 12.1 Å². The molecule has 0 unspecified atom stereocenters. The van der Waals surface area contributed by atoms with Gasteiger partial charge in [0.05, 0.1) is 6.61 Å². The van der Waals surface area contributed by atoms with Crippen LogP contribution in [0.1, 0.15) is 92.9 Å². The van der Waals surface area contributed by atoms with E-state index in [0.717, 1.165) is 83.5 Å². The van der Waals surface area contributed by atoms with Crippen LogP contribution in [0.15, 0.2) is 77.5 Å². The van der Waals surface area contributed by atoms with Gasteiger partial charge in [-0.1, -0.05) is 48.0 Å². The number of ether oxygens (including phenoxy) is 1. The molecule has 2 saturated heterocycles. The number of para-hydroxylation sites is 1. The van der Waals surface area contributed by atoms with Gasteiger partial charge in [0.15, 0.2) is 0 Å². The lowest BCUT2D eigenvalue weighted by Gasteiger charge is -2.25. The average Bonchev–Trinajstić information content (AvgIpc) is 4.07. The van der Waals surface area contributed by atoms with Crippen LogP contribution < -0.4 is 4.74 Å². The zero-order valence-corrected chi connectivity index (χ0v) is 28.4. The summed E-state index contributed by atoms with van der Waals surface area (Å²) in [4.78, 5) is 35.1. The van der Waals surface area contributed by atoms with Crippen molar-refractivity contribution in [3.63, 3.8) is 0 Å². The summed E-state index contributed by atoms with van der Waals surface area (Å²) < 4.78 is 5.79. The maximum absolute atomic E-state index is 11.7. The quantitative estimate of drug-likeness (QED) is 0.263. The van der Waals surface area contributed by atoms with Gasteiger partial charge in [-0.05, 0) is 117 Å². The van der Waals surface area contributed by atoms with Gasteiger partial charge in [-0.25, -0.2) is 9.59 Å². The lowest BCUT2D eigenvalue weighted by atomic mass is 10.1. The number of carbonyl (C=O) groups is 2. The summed E-state index contributed by atoms with van der Waals surface area (Å²) in [7, 11) is 0. The number of urea groups is 2. The summed E-state index contributed by atoms with van der Waals surface area (Å²) in [5, 5.41) is 16.0. The van der Waals surface area contributed by atoms with E-state index in [9.17, 15) is 9.59 Å². The van der Waals surface area contributed by atoms with Gasteiger partial charge in [0, 0.05) is 63.5 Å². The maximum atomic E-state index is 11.7. The number of aliphatic hydroxyl groups excluding tert-OH is 1. The zero-order chi connectivity index (χ0) is 33.7.